The molecule has 2 aromatic rings. The van der Waals surface area contributed by atoms with E-state index in [4.69, 9.17) is 0 Å². The molecule has 0 atom stereocenters. The van der Waals surface area contributed by atoms with Gasteiger partial charge in [0.05, 0.1) is 12.0 Å². The molecule has 1 N–H and O–H groups in total. The number of rotatable bonds is 1. The third-order valence-corrected chi connectivity index (χ3v) is 3.29. The minimum absolute atomic E-state index is 0.139. The second kappa shape index (κ2) is 4.37. The van der Waals surface area contributed by atoms with Gasteiger partial charge in [0.25, 0.3) is 0 Å². The third kappa shape index (κ3) is 2.15. The molecule has 0 aliphatic carbocycles. The highest BCUT2D eigenvalue weighted by Crippen LogP contribution is 2.36. The molecule has 2 aromatic carbocycles. The van der Waals surface area contributed by atoms with Crippen molar-refractivity contribution in [3.63, 3.8) is 0 Å². The van der Waals surface area contributed by atoms with Crippen LogP contribution in [0.3, 0.4) is 0 Å². The molecule has 0 saturated carbocycles. The van der Waals surface area contributed by atoms with Crippen LogP contribution in [0.25, 0.3) is 11.1 Å². The fourth-order valence-electron chi connectivity index (χ4n) is 2.38. The van der Waals surface area contributed by atoms with Crippen LogP contribution in [-0.2, 0) is 17.4 Å². The Labute approximate surface area is 113 Å². The van der Waals surface area contributed by atoms with Crippen molar-refractivity contribution in [1.29, 1.82) is 0 Å². The Morgan fingerprint density at radius 1 is 1.05 bits per heavy atom. The molecule has 0 spiro atoms. The van der Waals surface area contributed by atoms with Gasteiger partial charge in [-0.3, -0.25) is 4.79 Å². The number of amides is 1. The Morgan fingerprint density at radius 2 is 1.80 bits per heavy atom. The zero-order valence-electron chi connectivity index (χ0n) is 10.3. The van der Waals surface area contributed by atoms with E-state index in [1.807, 2.05) is 0 Å². The fraction of sp³-hybridized carbons (Fsp3) is 0.133. The summed E-state index contributed by atoms with van der Waals surface area (Å²) >= 11 is 0. The maximum absolute atomic E-state index is 12.8. The number of nitrogens with one attached hydrogen (secondary N) is 1. The molecule has 0 saturated heterocycles. The zero-order valence-corrected chi connectivity index (χ0v) is 10.3. The molecule has 0 bridgehead atoms. The van der Waals surface area contributed by atoms with E-state index in [0.29, 0.717) is 16.8 Å². The van der Waals surface area contributed by atoms with Crippen molar-refractivity contribution in [2.24, 2.45) is 0 Å². The maximum Gasteiger partial charge on any atom is 0.416 e. The van der Waals surface area contributed by atoms with Crippen LogP contribution in [0.1, 0.15) is 11.1 Å². The van der Waals surface area contributed by atoms with Crippen LogP contribution in [0.2, 0.25) is 0 Å². The smallest absolute Gasteiger partial charge is 0.326 e. The van der Waals surface area contributed by atoms with E-state index >= 15 is 0 Å². The highest BCUT2D eigenvalue weighted by atomic mass is 19.4. The predicted octanol–water partition coefficient (Wildman–Crippen LogP) is 3.87. The van der Waals surface area contributed by atoms with Crippen molar-refractivity contribution in [3.05, 3.63) is 53.6 Å². The molecule has 1 aliphatic rings. The van der Waals surface area contributed by atoms with Gasteiger partial charge in [-0.15, -0.1) is 0 Å². The first-order valence-electron chi connectivity index (χ1n) is 6.04. The second-order valence-electron chi connectivity index (χ2n) is 4.64. The molecule has 20 heavy (non-hydrogen) atoms. The van der Waals surface area contributed by atoms with Crippen LogP contribution < -0.4 is 5.32 Å². The van der Waals surface area contributed by atoms with E-state index in [0.717, 1.165) is 17.7 Å². The third-order valence-electron chi connectivity index (χ3n) is 3.29. The first-order valence-corrected chi connectivity index (χ1v) is 6.04. The van der Waals surface area contributed by atoms with Gasteiger partial charge >= 0.3 is 6.18 Å². The normalized spacial score (nSPS) is 14.1. The van der Waals surface area contributed by atoms with Crippen molar-refractivity contribution < 1.29 is 18.0 Å². The van der Waals surface area contributed by atoms with Crippen LogP contribution in [0.15, 0.2) is 42.5 Å². The number of benzene rings is 2. The summed E-state index contributed by atoms with van der Waals surface area (Å²) in [5, 5.41) is 2.69. The molecule has 1 aliphatic heterocycles. The van der Waals surface area contributed by atoms with Gasteiger partial charge in [-0.25, -0.2) is 0 Å². The number of carbonyl (C=O) groups is 1. The maximum atomic E-state index is 12.8. The number of fused-ring (bicyclic) bond motifs is 1. The molecule has 0 fully saturated rings. The molecule has 0 radical (unpaired) electrons. The van der Waals surface area contributed by atoms with Gasteiger partial charge in [-0.2, -0.15) is 13.2 Å². The molecular formula is C15H10F3NO. The fourth-order valence-corrected chi connectivity index (χ4v) is 2.38. The number of carbonyl (C=O) groups excluding carboxylic acids is 1. The van der Waals surface area contributed by atoms with Gasteiger partial charge in [0.2, 0.25) is 5.91 Å². The molecular weight excluding hydrogens is 267 g/mol. The standard InChI is InChI=1S/C15H10F3NO/c16-15(17,18)10-4-1-3-9(7-10)11-5-2-6-13-12(11)8-14(20)19-13/h1-7H,8H2,(H,19,20). The van der Waals surface area contributed by atoms with Crippen LogP contribution >= 0.6 is 0 Å². The number of halogens is 3. The van der Waals surface area contributed by atoms with Gasteiger partial charge in [-0.1, -0.05) is 24.3 Å². The lowest BCUT2D eigenvalue weighted by molar-refractivity contribution is -0.137. The van der Waals surface area contributed by atoms with Gasteiger partial charge in [0.15, 0.2) is 0 Å². The molecule has 102 valence electrons. The first kappa shape index (κ1) is 12.7. The van der Waals surface area contributed by atoms with E-state index in [-0.39, 0.29) is 12.3 Å². The Hall–Kier alpha value is -2.30. The predicted molar refractivity (Wildman–Crippen MR) is 69.2 cm³/mol. The SMILES string of the molecule is O=C1Cc2c(cccc2-c2cccc(C(F)(F)F)c2)N1. The lowest BCUT2D eigenvalue weighted by Gasteiger charge is -2.11. The average Bonchev–Trinajstić information content (AvgIpc) is 2.77. The van der Waals surface area contributed by atoms with Crippen molar-refractivity contribution >= 4 is 11.6 Å². The number of hydrogen-bond donors (Lipinski definition) is 1. The van der Waals surface area contributed by atoms with Crippen molar-refractivity contribution in [3.8, 4) is 11.1 Å². The monoisotopic (exact) mass is 277 g/mol. The van der Waals surface area contributed by atoms with E-state index < -0.39 is 11.7 Å². The summed E-state index contributed by atoms with van der Waals surface area (Å²) in [6.07, 6.45) is -4.18. The molecule has 0 unspecified atom stereocenters. The summed E-state index contributed by atoms with van der Waals surface area (Å²) in [4.78, 5) is 11.4. The average molecular weight is 277 g/mol. The minimum Gasteiger partial charge on any atom is -0.326 e. The van der Waals surface area contributed by atoms with Gasteiger partial charge < -0.3 is 5.32 Å². The van der Waals surface area contributed by atoms with Crippen LogP contribution in [0.4, 0.5) is 18.9 Å². The van der Waals surface area contributed by atoms with Crippen LogP contribution in [-0.4, -0.2) is 5.91 Å². The minimum atomic E-state index is -4.37. The van der Waals surface area contributed by atoms with E-state index in [9.17, 15) is 18.0 Å². The Bertz CT molecular complexity index is 692. The second-order valence-corrected chi connectivity index (χ2v) is 4.64. The summed E-state index contributed by atoms with van der Waals surface area (Å²) in [7, 11) is 0. The summed E-state index contributed by atoms with van der Waals surface area (Å²) in [6.45, 7) is 0. The van der Waals surface area contributed by atoms with Crippen molar-refractivity contribution in [1.82, 2.24) is 0 Å². The summed E-state index contributed by atoms with van der Waals surface area (Å²) in [5.74, 6) is -0.139. The lowest BCUT2D eigenvalue weighted by Crippen LogP contribution is -2.04. The highest BCUT2D eigenvalue weighted by Gasteiger charge is 2.31. The topological polar surface area (TPSA) is 29.1 Å². The zero-order chi connectivity index (χ0) is 14.3. The van der Waals surface area contributed by atoms with Crippen LogP contribution in [0, 0.1) is 0 Å². The Morgan fingerprint density at radius 3 is 2.55 bits per heavy atom. The number of anilines is 1. The quantitative estimate of drug-likeness (QED) is 0.842. The van der Waals surface area contributed by atoms with Gasteiger partial charge in [0.1, 0.15) is 0 Å². The van der Waals surface area contributed by atoms with Crippen molar-refractivity contribution in [2.75, 3.05) is 5.32 Å². The van der Waals surface area contributed by atoms with E-state index in [1.54, 1.807) is 24.3 Å². The Balaban J connectivity index is 2.12. The summed E-state index contributed by atoms with van der Waals surface area (Å²) in [6, 6.07) is 10.3. The van der Waals surface area contributed by atoms with Crippen molar-refractivity contribution in [2.45, 2.75) is 12.6 Å². The van der Waals surface area contributed by atoms with Gasteiger partial charge in [-0.05, 0) is 34.9 Å². The molecule has 0 aromatic heterocycles. The lowest BCUT2D eigenvalue weighted by atomic mass is 9.96. The van der Waals surface area contributed by atoms with Gasteiger partial charge in [0, 0.05) is 5.69 Å². The van der Waals surface area contributed by atoms with E-state index in [1.165, 1.54) is 6.07 Å². The highest BCUT2D eigenvalue weighted by molar-refractivity contribution is 6.01. The molecule has 1 heterocycles. The summed E-state index contributed by atoms with van der Waals surface area (Å²) < 4.78 is 38.3. The molecule has 1 amide bonds. The number of hydrogen-bond acceptors (Lipinski definition) is 1. The molecule has 3 rings (SSSR count). The molecule has 2 nitrogen and oxygen atoms in total. The summed E-state index contributed by atoms with van der Waals surface area (Å²) in [5.41, 5.74) is 1.85. The first-order chi connectivity index (χ1) is 9.45. The van der Waals surface area contributed by atoms with Crippen LogP contribution in [0.5, 0.6) is 0 Å². The molecule has 5 heteroatoms. The Kier molecular flexibility index (Phi) is 2.78. The number of alkyl halides is 3. The largest absolute Gasteiger partial charge is 0.416 e. The van der Waals surface area contributed by atoms with E-state index in [2.05, 4.69) is 5.32 Å².